The maximum absolute atomic E-state index is 11.2. The topological polar surface area (TPSA) is 46.5 Å². The molecule has 0 aliphatic rings. The summed E-state index contributed by atoms with van der Waals surface area (Å²) in [7, 11) is 1.30. The lowest BCUT2D eigenvalue weighted by Gasteiger charge is -2.21. The minimum Gasteiger partial charge on any atom is -0.466 e. The molecule has 3 nitrogen and oxygen atoms in total. The first-order valence-electron chi connectivity index (χ1n) is 5.53. The summed E-state index contributed by atoms with van der Waals surface area (Å²) in [5.74, 6) is -0.408. The molecule has 0 radical (unpaired) electrons. The van der Waals surface area contributed by atoms with Gasteiger partial charge in [0, 0.05) is 0 Å². The summed E-state index contributed by atoms with van der Waals surface area (Å²) in [6, 6.07) is 0. The van der Waals surface area contributed by atoms with Crippen LogP contribution in [0.4, 0.5) is 0 Å². The van der Waals surface area contributed by atoms with Crippen molar-refractivity contribution < 1.29 is 14.6 Å². The summed E-state index contributed by atoms with van der Waals surface area (Å²) in [6.07, 6.45) is 3.15. The molecule has 1 N–H and O–H groups in total. The number of ether oxygens (including phenoxy) is 1. The maximum atomic E-state index is 11.2. The monoisotopic (exact) mass is 214 g/mol. The predicted molar refractivity (Wildman–Crippen MR) is 60.5 cm³/mol. The van der Waals surface area contributed by atoms with E-state index in [-0.39, 0.29) is 11.5 Å². The smallest absolute Gasteiger partial charge is 0.335 e. The lowest BCUT2D eigenvalue weighted by molar-refractivity contribution is -0.137. The molecular formula is C12H22O3. The van der Waals surface area contributed by atoms with E-state index < -0.39 is 12.1 Å². The molecule has 3 heteroatoms. The number of unbranched alkanes of at least 4 members (excludes halogenated alkanes) is 1. The number of aliphatic hydroxyl groups is 1. The fourth-order valence-electron chi connectivity index (χ4n) is 1.59. The Bertz CT molecular complexity index is 211. The van der Waals surface area contributed by atoms with Crippen LogP contribution in [0.3, 0.4) is 0 Å². The normalized spacial score (nSPS) is 14.4. The van der Waals surface area contributed by atoms with Gasteiger partial charge in [-0.15, -0.1) is 0 Å². The minimum absolute atomic E-state index is 0.108. The number of aliphatic hydroxyl groups excluding tert-OH is 1. The minimum atomic E-state index is -0.769. The average molecular weight is 214 g/mol. The van der Waals surface area contributed by atoms with Gasteiger partial charge in [0.05, 0.1) is 18.8 Å². The zero-order valence-electron chi connectivity index (χ0n) is 9.95. The van der Waals surface area contributed by atoms with Crippen molar-refractivity contribution in [2.45, 2.75) is 45.6 Å². The Morgan fingerprint density at radius 1 is 1.47 bits per heavy atom. The first-order chi connectivity index (χ1) is 7.08. The molecule has 0 spiro atoms. The second-order valence-corrected chi connectivity index (χ2v) is 3.77. The van der Waals surface area contributed by atoms with Crippen molar-refractivity contribution >= 4 is 5.97 Å². The summed E-state index contributed by atoms with van der Waals surface area (Å²) in [5, 5.41) is 9.91. The van der Waals surface area contributed by atoms with Crippen LogP contribution in [0.5, 0.6) is 0 Å². The van der Waals surface area contributed by atoms with E-state index in [2.05, 4.69) is 18.2 Å². The molecule has 0 aromatic rings. The third-order valence-corrected chi connectivity index (χ3v) is 2.70. The number of methoxy groups -OCH3 is 1. The molecule has 0 aromatic heterocycles. The van der Waals surface area contributed by atoms with E-state index in [1.165, 1.54) is 7.11 Å². The molecule has 0 saturated carbocycles. The van der Waals surface area contributed by atoms with Gasteiger partial charge in [0.1, 0.15) is 0 Å². The highest BCUT2D eigenvalue weighted by molar-refractivity contribution is 5.88. The van der Waals surface area contributed by atoms with Gasteiger partial charge < -0.3 is 9.84 Å². The van der Waals surface area contributed by atoms with Gasteiger partial charge in [0.25, 0.3) is 0 Å². The molecule has 2 unspecified atom stereocenters. The Morgan fingerprint density at radius 3 is 2.47 bits per heavy atom. The highest BCUT2D eigenvalue weighted by Gasteiger charge is 2.24. The number of carbonyl (C=O) groups is 1. The van der Waals surface area contributed by atoms with Gasteiger partial charge in [-0.25, -0.2) is 4.79 Å². The quantitative estimate of drug-likeness (QED) is 0.522. The maximum Gasteiger partial charge on any atom is 0.335 e. The third-order valence-electron chi connectivity index (χ3n) is 2.70. The Hall–Kier alpha value is -0.830. The zero-order chi connectivity index (χ0) is 11.8. The third kappa shape index (κ3) is 4.47. The van der Waals surface area contributed by atoms with Crippen LogP contribution in [0.15, 0.2) is 12.2 Å². The van der Waals surface area contributed by atoms with Gasteiger partial charge in [-0.05, 0) is 12.3 Å². The van der Waals surface area contributed by atoms with Crippen LogP contribution in [0, 0.1) is 5.92 Å². The van der Waals surface area contributed by atoms with E-state index in [9.17, 15) is 9.90 Å². The number of esters is 1. The molecule has 0 rings (SSSR count). The predicted octanol–water partition coefficient (Wildman–Crippen LogP) is 2.29. The Kier molecular flexibility index (Phi) is 7.05. The Balaban J connectivity index is 4.30. The van der Waals surface area contributed by atoms with Crippen LogP contribution in [0.1, 0.15) is 39.5 Å². The molecule has 0 bridgehead atoms. The van der Waals surface area contributed by atoms with Crippen molar-refractivity contribution in [3.05, 3.63) is 12.2 Å². The Labute approximate surface area is 92.1 Å². The molecular weight excluding hydrogens is 192 g/mol. The molecule has 0 saturated heterocycles. The number of hydrogen-bond donors (Lipinski definition) is 1. The van der Waals surface area contributed by atoms with E-state index in [1.807, 2.05) is 6.92 Å². The molecule has 0 fully saturated rings. The largest absolute Gasteiger partial charge is 0.466 e. The lowest BCUT2D eigenvalue weighted by atomic mass is 9.89. The molecule has 0 heterocycles. The summed E-state index contributed by atoms with van der Waals surface area (Å²) >= 11 is 0. The molecule has 0 aliphatic carbocycles. The van der Waals surface area contributed by atoms with Crippen molar-refractivity contribution in [3.63, 3.8) is 0 Å². The van der Waals surface area contributed by atoms with Gasteiger partial charge in [0.2, 0.25) is 0 Å². The van der Waals surface area contributed by atoms with E-state index in [0.29, 0.717) is 0 Å². The molecule has 0 aliphatic heterocycles. The molecule has 0 aromatic carbocycles. The van der Waals surface area contributed by atoms with Crippen molar-refractivity contribution in [1.82, 2.24) is 0 Å². The first kappa shape index (κ1) is 14.2. The highest BCUT2D eigenvalue weighted by atomic mass is 16.5. The SMILES string of the molecule is C=C(C(=O)OC)C(O)C(CC)CCCC. The zero-order valence-corrected chi connectivity index (χ0v) is 9.95. The number of carbonyl (C=O) groups excluding carboxylic acids is 1. The van der Waals surface area contributed by atoms with Crippen molar-refractivity contribution in [1.29, 1.82) is 0 Å². The molecule has 15 heavy (non-hydrogen) atoms. The van der Waals surface area contributed by atoms with E-state index >= 15 is 0 Å². The van der Waals surface area contributed by atoms with Gasteiger partial charge in [-0.2, -0.15) is 0 Å². The standard InChI is InChI=1S/C12H22O3/c1-5-7-8-10(6-2)11(13)9(3)12(14)15-4/h10-11,13H,3,5-8H2,1-2,4H3. The fourth-order valence-corrected chi connectivity index (χ4v) is 1.59. The van der Waals surface area contributed by atoms with Crippen LogP contribution in [0.25, 0.3) is 0 Å². The number of hydrogen-bond acceptors (Lipinski definition) is 3. The first-order valence-corrected chi connectivity index (χ1v) is 5.53. The van der Waals surface area contributed by atoms with E-state index in [4.69, 9.17) is 0 Å². The summed E-state index contributed by atoms with van der Waals surface area (Å²) in [4.78, 5) is 11.2. The second-order valence-electron chi connectivity index (χ2n) is 3.77. The van der Waals surface area contributed by atoms with Crippen LogP contribution in [-0.2, 0) is 9.53 Å². The van der Waals surface area contributed by atoms with Crippen LogP contribution < -0.4 is 0 Å². The average Bonchev–Trinajstić information content (AvgIpc) is 2.27. The van der Waals surface area contributed by atoms with E-state index in [1.54, 1.807) is 0 Å². The summed E-state index contributed by atoms with van der Waals surface area (Å²) < 4.78 is 4.53. The molecule has 2 atom stereocenters. The van der Waals surface area contributed by atoms with Crippen molar-refractivity contribution in [2.75, 3.05) is 7.11 Å². The van der Waals surface area contributed by atoms with Crippen LogP contribution in [0.2, 0.25) is 0 Å². The second kappa shape index (κ2) is 7.46. The van der Waals surface area contributed by atoms with Gasteiger partial charge in [-0.3, -0.25) is 0 Å². The Morgan fingerprint density at radius 2 is 2.07 bits per heavy atom. The van der Waals surface area contributed by atoms with Crippen molar-refractivity contribution in [3.8, 4) is 0 Å². The fraction of sp³-hybridized carbons (Fsp3) is 0.750. The van der Waals surface area contributed by atoms with Gasteiger partial charge >= 0.3 is 5.97 Å². The summed E-state index contributed by atoms with van der Waals surface area (Å²) in [6.45, 7) is 7.69. The van der Waals surface area contributed by atoms with Crippen LogP contribution >= 0.6 is 0 Å². The molecule has 88 valence electrons. The highest BCUT2D eigenvalue weighted by Crippen LogP contribution is 2.21. The van der Waals surface area contributed by atoms with Crippen molar-refractivity contribution in [2.24, 2.45) is 5.92 Å². The summed E-state index contributed by atoms with van der Waals surface area (Å²) in [5.41, 5.74) is 0.167. The van der Waals surface area contributed by atoms with Gasteiger partial charge in [-0.1, -0.05) is 39.7 Å². The van der Waals surface area contributed by atoms with Crippen LogP contribution in [-0.4, -0.2) is 24.3 Å². The lowest BCUT2D eigenvalue weighted by Crippen LogP contribution is -2.26. The van der Waals surface area contributed by atoms with Gasteiger partial charge in [0.15, 0.2) is 0 Å². The van der Waals surface area contributed by atoms with E-state index in [0.717, 1.165) is 25.7 Å². The molecule has 0 amide bonds. The number of rotatable bonds is 7.